The van der Waals surface area contributed by atoms with E-state index in [9.17, 15) is 17.6 Å². The third-order valence-electron chi connectivity index (χ3n) is 5.44. The second-order valence-corrected chi connectivity index (χ2v) is 7.93. The molecule has 0 saturated carbocycles. The van der Waals surface area contributed by atoms with Crippen LogP contribution in [0.1, 0.15) is 28.2 Å². The number of pyridine rings is 1. The van der Waals surface area contributed by atoms with Gasteiger partial charge in [-0.1, -0.05) is 6.07 Å². The summed E-state index contributed by atoms with van der Waals surface area (Å²) in [6.45, 7) is 4.43. The van der Waals surface area contributed by atoms with Crippen LogP contribution in [0.15, 0.2) is 36.5 Å². The molecule has 0 unspecified atom stereocenters. The van der Waals surface area contributed by atoms with Crippen molar-refractivity contribution in [2.75, 3.05) is 11.4 Å². The maximum absolute atomic E-state index is 14.2. The summed E-state index contributed by atoms with van der Waals surface area (Å²) in [5.74, 6) is -0.790. The third-order valence-corrected chi connectivity index (χ3v) is 5.44. The predicted octanol–water partition coefficient (Wildman–Crippen LogP) is 4.65. The first kappa shape index (κ1) is 21.1. The zero-order valence-electron chi connectivity index (χ0n) is 17.7. The SMILES string of the molecule is Cc1ccc(Oc2cnc3c(c2)CN(c2nn4c(C(F)(F)F)nnc4cc2C)CC3)c(F)c1. The number of halogens is 4. The number of aromatic nitrogens is 5. The van der Waals surface area contributed by atoms with Gasteiger partial charge in [-0.2, -0.15) is 17.7 Å². The fraction of sp³-hybridized carbons (Fsp3) is 0.273. The molecule has 0 aliphatic carbocycles. The van der Waals surface area contributed by atoms with Gasteiger partial charge in [0, 0.05) is 25.2 Å². The molecule has 3 aromatic heterocycles. The molecule has 4 heterocycles. The van der Waals surface area contributed by atoms with Gasteiger partial charge in [0.25, 0.3) is 5.82 Å². The molecular weight excluding hydrogens is 440 g/mol. The lowest BCUT2D eigenvalue weighted by molar-refractivity contribution is -0.146. The number of ether oxygens (including phenoxy) is 1. The van der Waals surface area contributed by atoms with Crippen LogP contribution in [0, 0.1) is 19.7 Å². The van der Waals surface area contributed by atoms with E-state index in [1.807, 2.05) is 4.90 Å². The second kappa shape index (κ2) is 7.68. The van der Waals surface area contributed by atoms with Crippen molar-refractivity contribution in [1.82, 2.24) is 24.8 Å². The standard InChI is InChI=1S/C22H18F4N6O/c1-12-3-4-18(16(23)7-12)33-15-9-14-11-31(6-5-17(14)27-10-15)20-13(2)8-19-28-29-21(22(24,25)26)32(19)30-20/h3-4,7-10H,5-6,11H2,1-2H3. The van der Waals surface area contributed by atoms with Crippen molar-refractivity contribution in [3.05, 3.63) is 70.6 Å². The Kier molecular flexibility index (Phi) is 4.91. The average Bonchev–Trinajstić information content (AvgIpc) is 3.18. The Hall–Kier alpha value is -3.76. The van der Waals surface area contributed by atoms with Crippen LogP contribution in [0.2, 0.25) is 0 Å². The van der Waals surface area contributed by atoms with E-state index in [-0.39, 0.29) is 11.4 Å². The van der Waals surface area contributed by atoms with E-state index in [0.717, 1.165) is 21.3 Å². The van der Waals surface area contributed by atoms with Crippen molar-refractivity contribution < 1.29 is 22.3 Å². The monoisotopic (exact) mass is 458 g/mol. The highest BCUT2D eigenvalue weighted by molar-refractivity contribution is 5.54. The van der Waals surface area contributed by atoms with Crippen LogP contribution in [-0.2, 0) is 19.1 Å². The molecule has 0 N–H and O–H groups in total. The normalized spacial score (nSPS) is 13.9. The van der Waals surface area contributed by atoms with E-state index >= 15 is 0 Å². The molecule has 4 aromatic rings. The summed E-state index contributed by atoms with van der Waals surface area (Å²) in [5, 5.41) is 11.0. The van der Waals surface area contributed by atoms with Crippen molar-refractivity contribution in [2.24, 2.45) is 0 Å². The van der Waals surface area contributed by atoms with Gasteiger partial charge in [0.2, 0.25) is 0 Å². The predicted molar refractivity (Wildman–Crippen MR) is 111 cm³/mol. The zero-order chi connectivity index (χ0) is 23.3. The smallest absolute Gasteiger partial charge is 0.453 e. The Labute approximate surface area is 185 Å². The van der Waals surface area contributed by atoms with Gasteiger partial charge >= 0.3 is 6.18 Å². The lowest BCUT2D eigenvalue weighted by atomic mass is 10.0. The van der Waals surface area contributed by atoms with Crippen LogP contribution in [-0.4, -0.2) is 31.3 Å². The maximum Gasteiger partial charge on any atom is 0.453 e. The summed E-state index contributed by atoms with van der Waals surface area (Å²) in [7, 11) is 0. The molecule has 0 atom stereocenters. The van der Waals surface area contributed by atoms with Gasteiger partial charge in [-0.3, -0.25) is 4.98 Å². The van der Waals surface area contributed by atoms with Gasteiger partial charge in [-0.25, -0.2) is 4.39 Å². The molecule has 33 heavy (non-hydrogen) atoms. The summed E-state index contributed by atoms with van der Waals surface area (Å²) in [4.78, 5) is 6.30. The topological polar surface area (TPSA) is 68.4 Å². The molecule has 1 aliphatic heterocycles. The van der Waals surface area contributed by atoms with E-state index in [4.69, 9.17) is 4.74 Å². The van der Waals surface area contributed by atoms with Gasteiger partial charge in [0.15, 0.2) is 23.0 Å². The van der Waals surface area contributed by atoms with Crippen molar-refractivity contribution in [2.45, 2.75) is 33.0 Å². The quantitative estimate of drug-likeness (QED) is 0.417. The number of nitrogens with zero attached hydrogens (tertiary/aromatic N) is 6. The first-order valence-electron chi connectivity index (χ1n) is 10.2. The molecule has 0 radical (unpaired) electrons. The number of aryl methyl sites for hydroxylation is 2. The van der Waals surface area contributed by atoms with Crippen molar-refractivity contribution in [1.29, 1.82) is 0 Å². The van der Waals surface area contributed by atoms with Crippen molar-refractivity contribution in [3.63, 3.8) is 0 Å². The van der Waals surface area contributed by atoms with Gasteiger partial charge in [-0.05, 0) is 54.8 Å². The summed E-state index contributed by atoms with van der Waals surface area (Å²) < 4.78 is 60.4. The number of rotatable bonds is 3. The van der Waals surface area contributed by atoms with Crippen LogP contribution in [0.5, 0.6) is 11.5 Å². The van der Waals surface area contributed by atoms with E-state index in [1.165, 1.54) is 18.3 Å². The molecule has 170 valence electrons. The summed E-state index contributed by atoms with van der Waals surface area (Å²) in [5.41, 5.74) is 3.16. The van der Waals surface area contributed by atoms with Gasteiger partial charge in [0.1, 0.15) is 5.75 Å². The Balaban J connectivity index is 1.45. The Morgan fingerprint density at radius 2 is 1.88 bits per heavy atom. The molecule has 5 rings (SSSR count). The van der Waals surface area contributed by atoms with Crippen LogP contribution < -0.4 is 9.64 Å². The number of alkyl halides is 3. The molecule has 0 spiro atoms. The molecule has 7 nitrogen and oxygen atoms in total. The number of fused-ring (bicyclic) bond motifs is 2. The van der Waals surface area contributed by atoms with Crippen LogP contribution in [0.3, 0.4) is 0 Å². The Morgan fingerprint density at radius 1 is 1.06 bits per heavy atom. The first-order valence-corrected chi connectivity index (χ1v) is 10.2. The molecule has 1 aromatic carbocycles. The Bertz CT molecular complexity index is 1370. The molecule has 11 heteroatoms. The van der Waals surface area contributed by atoms with Crippen LogP contribution in [0.25, 0.3) is 5.65 Å². The van der Waals surface area contributed by atoms with Crippen LogP contribution in [0.4, 0.5) is 23.4 Å². The third kappa shape index (κ3) is 3.94. The average molecular weight is 458 g/mol. The lowest BCUT2D eigenvalue weighted by Gasteiger charge is -2.30. The second-order valence-electron chi connectivity index (χ2n) is 7.93. The maximum atomic E-state index is 14.2. The lowest BCUT2D eigenvalue weighted by Crippen LogP contribution is -2.32. The highest BCUT2D eigenvalue weighted by Gasteiger charge is 2.38. The highest BCUT2D eigenvalue weighted by Crippen LogP contribution is 2.32. The summed E-state index contributed by atoms with van der Waals surface area (Å²) in [6, 6.07) is 7.97. The number of hydrogen-bond acceptors (Lipinski definition) is 6. The highest BCUT2D eigenvalue weighted by atomic mass is 19.4. The minimum Gasteiger partial charge on any atom is -0.453 e. The Morgan fingerprint density at radius 3 is 2.64 bits per heavy atom. The van der Waals surface area contributed by atoms with Crippen LogP contribution >= 0.6 is 0 Å². The van der Waals surface area contributed by atoms with Gasteiger partial charge < -0.3 is 9.64 Å². The van der Waals surface area contributed by atoms with Crippen molar-refractivity contribution >= 4 is 11.5 Å². The molecule has 0 saturated heterocycles. The minimum atomic E-state index is -4.67. The molecule has 0 bridgehead atoms. The fourth-order valence-corrected chi connectivity index (χ4v) is 3.86. The van der Waals surface area contributed by atoms with E-state index in [1.54, 1.807) is 32.0 Å². The van der Waals surface area contributed by atoms with E-state index < -0.39 is 17.8 Å². The number of benzene rings is 1. The molecule has 0 amide bonds. The summed E-state index contributed by atoms with van der Waals surface area (Å²) >= 11 is 0. The number of anilines is 1. The summed E-state index contributed by atoms with van der Waals surface area (Å²) in [6.07, 6.45) is -2.56. The van der Waals surface area contributed by atoms with E-state index in [0.29, 0.717) is 36.6 Å². The number of hydrogen-bond donors (Lipinski definition) is 0. The first-order chi connectivity index (χ1) is 15.7. The molecule has 0 fully saturated rings. The van der Waals surface area contributed by atoms with E-state index in [2.05, 4.69) is 20.3 Å². The molecule has 1 aliphatic rings. The van der Waals surface area contributed by atoms with Gasteiger partial charge in [-0.15, -0.1) is 15.3 Å². The fourth-order valence-electron chi connectivity index (χ4n) is 3.86. The molecular formula is C22H18F4N6O. The minimum absolute atomic E-state index is 0.0264. The largest absolute Gasteiger partial charge is 0.453 e. The van der Waals surface area contributed by atoms with Gasteiger partial charge in [0.05, 0.1) is 6.20 Å². The van der Waals surface area contributed by atoms with Crippen molar-refractivity contribution in [3.8, 4) is 11.5 Å². The zero-order valence-corrected chi connectivity index (χ0v) is 17.7.